The van der Waals surface area contributed by atoms with Crippen LogP contribution in [0.1, 0.15) is 4.88 Å². The molecule has 1 aromatic carbocycles. The lowest BCUT2D eigenvalue weighted by molar-refractivity contribution is 0.0644. The van der Waals surface area contributed by atoms with Gasteiger partial charge in [-0.25, -0.2) is 0 Å². The van der Waals surface area contributed by atoms with Gasteiger partial charge in [0, 0.05) is 35.2 Å². The van der Waals surface area contributed by atoms with E-state index in [9.17, 15) is 5.11 Å². The first-order chi connectivity index (χ1) is 8.72. The number of aliphatic hydroxyl groups is 1. The van der Waals surface area contributed by atoms with Gasteiger partial charge in [-0.15, -0.1) is 11.3 Å². The van der Waals surface area contributed by atoms with Crippen LogP contribution in [0.25, 0.3) is 10.1 Å². The summed E-state index contributed by atoms with van der Waals surface area (Å²) in [5.74, 6) is 0. The highest BCUT2D eigenvalue weighted by Gasteiger charge is 2.10. The Balaban J connectivity index is 1.97. The summed E-state index contributed by atoms with van der Waals surface area (Å²) in [6.07, 6.45) is -0.483. The quantitative estimate of drug-likeness (QED) is 0.857. The van der Waals surface area contributed by atoms with Crippen molar-refractivity contribution in [2.24, 2.45) is 0 Å². The first kappa shape index (κ1) is 13.8. The monoisotopic (exact) mass is 285 g/mol. The van der Waals surface area contributed by atoms with Crippen LogP contribution in [0.15, 0.2) is 24.3 Å². The fourth-order valence-electron chi connectivity index (χ4n) is 1.78. The van der Waals surface area contributed by atoms with Gasteiger partial charge in [-0.2, -0.15) is 0 Å². The lowest BCUT2D eigenvalue weighted by Crippen LogP contribution is -2.29. The van der Waals surface area contributed by atoms with Gasteiger partial charge < -0.3 is 15.2 Å². The molecule has 1 aromatic heterocycles. The Kier molecular flexibility index (Phi) is 4.97. The zero-order chi connectivity index (χ0) is 13.0. The first-order valence-electron chi connectivity index (χ1n) is 5.76. The number of hydrogen-bond donors (Lipinski definition) is 2. The number of methoxy groups -OCH3 is 1. The van der Waals surface area contributed by atoms with E-state index in [1.807, 2.05) is 18.2 Å². The van der Waals surface area contributed by atoms with Gasteiger partial charge in [0.15, 0.2) is 0 Å². The fourth-order valence-corrected chi connectivity index (χ4v) is 3.25. The van der Waals surface area contributed by atoms with E-state index >= 15 is 0 Å². The molecule has 18 heavy (non-hydrogen) atoms. The molecule has 2 aromatic rings. The molecule has 2 N–H and O–H groups in total. The zero-order valence-electron chi connectivity index (χ0n) is 10.1. The second-order valence-corrected chi connectivity index (χ2v) is 5.59. The molecule has 0 saturated carbocycles. The van der Waals surface area contributed by atoms with Gasteiger partial charge >= 0.3 is 0 Å². The van der Waals surface area contributed by atoms with Crippen molar-refractivity contribution in [2.75, 3.05) is 20.3 Å². The van der Waals surface area contributed by atoms with E-state index < -0.39 is 6.10 Å². The maximum Gasteiger partial charge on any atom is 0.0897 e. The lowest BCUT2D eigenvalue weighted by atomic mass is 10.2. The molecule has 3 nitrogen and oxygen atoms in total. The number of aliphatic hydroxyl groups excluding tert-OH is 1. The Hall–Kier alpha value is -0.650. The van der Waals surface area contributed by atoms with Gasteiger partial charge in [-0.05, 0) is 6.07 Å². The van der Waals surface area contributed by atoms with Gasteiger partial charge in [0.25, 0.3) is 0 Å². The van der Waals surface area contributed by atoms with Crippen LogP contribution in [0.3, 0.4) is 0 Å². The number of thiophene rings is 1. The molecule has 0 aliphatic carbocycles. The van der Waals surface area contributed by atoms with Crippen LogP contribution in [0.4, 0.5) is 0 Å². The van der Waals surface area contributed by atoms with Gasteiger partial charge in [0.1, 0.15) is 0 Å². The molecule has 0 radical (unpaired) electrons. The maximum absolute atomic E-state index is 9.52. The number of rotatable bonds is 6. The van der Waals surface area contributed by atoms with Crippen molar-refractivity contribution < 1.29 is 9.84 Å². The first-order valence-corrected chi connectivity index (χ1v) is 6.95. The van der Waals surface area contributed by atoms with E-state index in [1.165, 1.54) is 4.70 Å². The molecule has 0 aliphatic heterocycles. The van der Waals surface area contributed by atoms with E-state index in [1.54, 1.807) is 18.4 Å². The maximum atomic E-state index is 9.52. The van der Waals surface area contributed by atoms with Gasteiger partial charge in [0.2, 0.25) is 0 Å². The van der Waals surface area contributed by atoms with Gasteiger partial charge in [-0.1, -0.05) is 29.8 Å². The summed E-state index contributed by atoms with van der Waals surface area (Å²) in [6, 6.07) is 8.09. The molecular formula is C13H16ClNO2S. The predicted molar refractivity (Wildman–Crippen MR) is 76.4 cm³/mol. The highest BCUT2D eigenvalue weighted by Crippen LogP contribution is 2.34. The van der Waals surface area contributed by atoms with Crippen molar-refractivity contribution in [1.82, 2.24) is 5.32 Å². The lowest BCUT2D eigenvalue weighted by Gasteiger charge is -2.09. The average molecular weight is 286 g/mol. The van der Waals surface area contributed by atoms with Crippen molar-refractivity contribution in [3.05, 3.63) is 34.2 Å². The molecule has 98 valence electrons. The summed E-state index contributed by atoms with van der Waals surface area (Å²) in [6.45, 7) is 1.50. The van der Waals surface area contributed by atoms with Crippen molar-refractivity contribution in [3.63, 3.8) is 0 Å². The Morgan fingerprint density at radius 2 is 2.22 bits per heavy atom. The van der Waals surface area contributed by atoms with Crippen molar-refractivity contribution in [1.29, 1.82) is 0 Å². The molecule has 2 rings (SSSR count). The summed E-state index contributed by atoms with van der Waals surface area (Å²) in [4.78, 5) is 1.10. The van der Waals surface area contributed by atoms with Crippen molar-refractivity contribution in [3.8, 4) is 0 Å². The SMILES string of the molecule is COCC(O)CNCc1sc2ccccc2c1Cl. The van der Waals surface area contributed by atoms with E-state index in [-0.39, 0.29) is 0 Å². The highest BCUT2D eigenvalue weighted by molar-refractivity contribution is 7.19. The molecule has 0 spiro atoms. The number of halogens is 1. The van der Waals surface area contributed by atoms with E-state index in [4.69, 9.17) is 16.3 Å². The molecule has 0 fully saturated rings. The summed E-state index contributed by atoms with van der Waals surface area (Å²) in [5, 5.41) is 14.6. The summed E-state index contributed by atoms with van der Waals surface area (Å²) in [5.41, 5.74) is 0. The highest BCUT2D eigenvalue weighted by atomic mass is 35.5. The molecule has 0 saturated heterocycles. The van der Waals surface area contributed by atoms with Crippen LogP contribution < -0.4 is 5.32 Å². The van der Waals surface area contributed by atoms with Crippen LogP contribution in [-0.4, -0.2) is 31.5 Å². The van der Waals surface area contributed by atoms with E-state index in [0.29, 0.717) is 19.7 Å². The Morgan fingerprint density at radius 1 is 1.44 bits per heavy atom. The molecule has 0 amide bonds. The number of nitrogens with one attached hydrogen (secondary N) is 1. The predicted octanol–water partition coefficient (Wildman–Crippen LogP) is 2.65. The minimum absolute atomic E-state index is 0.340. The smallest absolute Gasteiger partial charge is 0.0897 e. The van der Waals surface area contributed by atoms with Crippen molar-refractivity contribution >= 4 is 33.0 Å². The second-order valence-electron chi connectivity index (χ2n) is 4.08. The summed E-state index contributed by atoms with van der Waals surface area (Å²) >= 11 is 8.00. The Bertz CT molecular complexity index is 515. The minimum atomic E-state index is -0.483. The topological polar surface area (TPSA) is 41.5 Å². The summed E-state index contributed by atoms with van der Waals surface area (Å²) < 4.78 is 6.06. The molecule has 1 unspecified atom stereocenters. The molecule has 1 atom stereocenters. The third-order valence-corrected chi connectivity index (χ3v) is 4.34. The standard InChI is InChI=1S/C13H16ClNO2S/c1-17-8-9(16)6-15-7-12-13(14)10-4-2-3-5-11(10)18-12/h2-5,9,15-16H,6-8H2,1H3. The van der Waals surface area contributed by atoms with Crippen molar-refractivity contribution in [2.45, 2.75) is 12.6 Å². The fraction of sp³-hybridized carbons (Fsp3) is 0.385. The number of benzene rings is 1. The Morgan fingerprint density at radius 3 is 2.94 bits per heavy atom. The third kappa shape index (κ3) is 3.22. The molecule has 0 aliphatic rings. The normalized spacial score (nSPS) is 13.1. The van der Waals surface area contributed by atoms with Crippen LogP contribution >= 0.6 is 22.9 Å². The van der Waals surface area contributed by atoms with E-state index in [2.05, 4.69) is 11.4 Å². The van der Waals surface area contributed by atoms with E-state index in [0.717, 1.165) is 15.3 Å². The average Bonchev–Trinajstić information content (AvgIpc) is 2.68. The second kappa shape index (κ2) is 6.50. The van der Waals surface area contributed by atoms with Gasteiger partial charge in [0.05, 0.1) is 17.7 Å². The number of fused-ring (bicyclic) bond motifs is 1. The van der Waals surface area contributed by atoms with Crippen LogP contribution in [0.2, 0.25) is 5.02 Å². The molecule has 1 heterocycles. The van der Waals surface area contributed by atoms with Gasteiger partial charge in [-0.3, -0.25) is 0 Å². The molecular weight excluding hydrogens is 270 g/mol. The van der Waals surface area contributed by atoms with Crippen LogP contribution in [0.5, 0.6) is 0 Å². The third-order valence-electron chi connectivity index (χ3n) is 2.63. The zero-order valence-corrected chi connectivity index (χ0v) is 11.7. The largest absolute Gasteiger partial charge is 0.389 e. The number of ether oxygens (including phenoxy) is 1. The molecule has 5 heteroatoms. The minimum Gasteiger partial charge on any atom is -0.389 e. The van der Waals surface area contributed by atoms with Crippen LogP contribution in [0, 0.1) is 0 Å². The van der Waals surface area contributed by atoms with Crippen LogP contribution in [-0.2, 0) is 11.3 Å². The number of hydrogen-bond acceptors (Lipinski definition) is 4. The summed E-state index contributed by atoms with van der Waals surface area (Å²) in [7, 11) is 1.58. The Labute approximate surface area is 115 Å². The molecule has 0 bridgehead atoms.